The number of rotatable bonds is 8. The molecule has 2 N–H and O–H groups in total. The number of anilines is 1. The molecule has 2 rings (SSSR count). The lowest BCUT2D eigenvalue weighted by atomic mass is 10.1. The predicted molar refractivity (Wildman–Crippen MR) is 80.9 cm³/mol. The highest BCUT2D eigenvalue weighted by Crippen LogP contribution is 2.26. The molecule has 1 fully saturated rings. The Morgan fingerprint density at radius 1 is 1.42 bits per heavy atom. The van der Waals surface area contributed by atoms with E-state index in [4.69, 9.17) is 16.7 Å². The molecule has 1 aromatic rings. The number of hydrogen-bond acceptors (Lipinski definition) is 3. The Kier molecular flexibility index (Phi) is 5.49. The van der Waals surface area contributed by atoms with Crippen molar-refractivity contribution >= 4 is 17.3 Å². The molecule has 0 aliphatic heterocycles. The van der Waals surface area contributed by atoms with Crippen LogP contribution >= 0.6 is 11.6 Å². The maximum absolute atomic E-state index is 9.00. The zero-order chi connectivity index (χ0) is 13.7. The zero-order valence-electron chi connectivity index (χ0n) is 11.5. The smallest absolute Gasteiger partial charge is 0.0447 e. The maximum Gasteiger partial charge on any atom is 0.0447 e. The monoisotopic (exact) mass is 282 g/mol. The first-order chi connectivity index (χ1) is 9.24. The molecular formula is C15H23ClN2O. The summed E-state index contributed by atoms with van der Waals surface area (Å²) in [4.78, 5) is 2.30. The summed E-state index contributed by atoms with van der Waals surface area (Å²) in [5.41, 5.74) is 2.48. The molecule has 0 heterocycles. The van der Waals surface area contributed by atoms with Crippen molar-refractivity contribution in [1.29, 1.82) is 0 Å². The molecule has 0 radical (unpaired) electrons. The second kappa shape index (κ2) is 7.13. The normalized spacial score (nSPS) is 14.7. The number of benzene rings is 1. The van der Waals surface area contributed by atoms with E-state index in [2.05, 4.69) is 23.2 Å². The van der Waals surface area contributed by atoms with Gasteiger partial charge < -0.3 is 15.3 Å². The largest absolute Gasteiger partial charge is 0.396 e. The number of halogens is 1. The number of hydrogen-bond donors (Lipinski definition) is 2. The van der Waals surface area contributed by atoms with Crippen molar-refractivity contribution in [3.05, 3.63) is 28.8 Å². The van der Waals surface area contributed by atoms with Gasteiger partial charge >= 0.3 is 0 Å². The molecule has 1 aliphatic carbocycles. The van der Waals surface area contributed by atoms with Crippen LogP contribution in [0.2, 0.25) is 5.02 Å². The van der Waals surface area contributed by atoms with Gasteiger partial charge in [-0.25, -0.2) is 0 Å². The molecule has 3 nitrogen and oxygen atoms in total. The first kappa shape index (κ1) is 14.6. The lowest BCUT2D eigenvalue weighted by Gasteiger charge is -2.26. The summed E-state index contributed by atoms with van der Waals surface area (Å²) < 4.78 is 0. The summed E-state index contributed by atoms with van der Waals surface area (Å²) in [5.74, 6) is 0. The van der Waals surface area contributed by atoms with Gasteiger partial charge in [0.15, 0.2) is 0 Å². The van der Waals surface area contributed by atoms with E-state index >= 15 is 0 Å². The van der Waals surface area contributed by atoms with Crippen LogP contribution in [0.5, 0.6) is 0 Å². The Hall–Kier alpha value is -0.770. The third-order valence-electron chi connectivity index (χ3n) is 3.51. The first-order valence-electron chi connectivity index (χ1n) is 7.12. The summed E-state index contributed by atoms with van der Waals surface area (Å²) in [6.45, 7) is 5.07. The van der Waals surface area contributed by atoms with Gasteiger partial charge in [-0.05, 0) is 49.9 Å². The van der Waals surface area contributed by atoms with Gasteiger partial charge in [0.1, 0.15) is 0 Å². The lowest BCUT2D eigenvalue weighted by Crippen LogP contribution is -2.27. The second-order valence-corrected chi connectivity index (χ2v) is 5.52. The van der Waals surface area contributed by atoms with Crippen LogP contribution in [0, 0.1) is 0 Å². The molecule has 1 saturated carbocycles. The average molecular weight is 283 g/mol. The van der Waals surface area contributed by atoms with Crippen LogP contribution in [0.15, 0.2) is 18.2 Å². The van der Waals surface area contributed by atoms with Crippen LogP contribution in [-0.2, 0) is 6.54 Å². The fourth-order valence-electron chi connectivity index (χ4n) is 2.26. The quantitative estimate of drug-likeness (QED) is 0.770. The summed E-state index contributed by atoms with van der Waals surface area (Å²) in [5, 5.41) is 13.3. The third-order valence-corrected chi connectivity index (χ3v) is 3.74. The van der Waals surface area contributed by atoms with Crippen molar-refractivity contribution < 1.29 is 5.11 Å². The lowest BCUT2D eigenvalue weighted by molar-refractivity contribution is 0.289. The van der Waals surface area contributed by atoms with Crippen molar-refractivity contribution in [3.63, 3.8) is 0 Å². The fraction of sp³-hybridized carbons (Fsp3) is 0.600. The molecule has 0 spiro atoms. The van der Waals surface area contributed by atoms with Crippen LogP contribution in [0.1, 0.15) is 31.7 Å². The number of nitrogens with one attached hydrogen (secondary N) is 1. The predicted octanol–water partition coefficient (Wildman–Crippen LogP) is 2.80. The van der Waals surface area contributed by atoms with Crippen molar-refractivity contribution in [1.82, 2.24) is 5.32 Å². The third kappa shape index (κ3) is 4.37. The van der Waals surface area contributed by atoms with Crippen molar-refractivity contribution in [2.75, 3.05) is 24.6 Å². The highest BCUT2D eigenvalue weighted by Gasteiger charge is 2.21. The molecule has 0 aromatic heterocycles. The molecular weight excluding hydrogens is 260 g/mol. The van der Waals surface area contributed by atoms with E-state index in [1.54, 1.807) is 0 Å². The van der Waals surface area contributed by atoms with E-state index in [-0.39, 0.29) is 6.61 Å². The molecule has 4 heteroatoms. The number of aliphatic hydroxyl groups excluding tert-OH is 1. The van der Waals surface area contributed by atoms with Crippen LogP contribution in [-0.4, -0.2) is 30.8 Å². The molecule has 1 aliphatic rings. The van der Waals surface area contributed by atoms with Crippen molar-refractivity contribution in [2.45, 2.75) is 38.8 Å². The van der Waals surface area contributed by atoms with Crippen LogP contribution in [0.25, 0.3) is 0 Å². The summed E-state index contributed by atoms with van der Waals surface area (Å²) >= 11 is 6.11. The van der Waals surface area contributed by atoms with Gasteiger partial charge in [0.2, 0.25) is 0 Å². The highest BCUT2D eigenvalue weighted by atomic mass is 35.5. The van der Waals surface area contributed by atoms with E-state index < -0.39 is 0 Å². The van der Waals surface area contributed by atoms with Gasteiger partial charge in [-0.3, -0.25) is 0 Å². The Morgan fingerprint density at radius 2 is 2.21 bits per heavy atom. The van der Waals surface area contributed by atoms with Crippen LogP contribution < -0.4 is 10.2 Å². The highest BCUT2D eigenvalue weighted by molar-refractivity contribution is 6.30. The van der Waals surface area contributed by atoms with Gasteiger partial charge in [0.25, 0.3) is 0 Å². The summed E-state index contributed by atoms with van der Waals surface area (Å²) in [6, 6.07) is 6.78. The van der Waals surface area contributed by atoms with E-state index in [0.717, 1.165) is 31.1 Å². The van der Waals surface area contributed by atoms with Crippen LogP contribution in [0.3, 0.4) is 0 Å². The van der Waals surface area contributed by atoms with E-state index in [0.29, 0.717) is 6.04 Å². The Balaban J connectivity index is 2.10. The maximum atomic E-state index is 9.00. The molecule has 1 aromatic carbocycles. The topological polar surface area (TPSA) is 35.5 Å². The van der Waals surface area contributed by atoms with Gasteiger partial charge in [0.05, 0.1) is 0 Å². The van der Waals surface area contributed by atoms with E-state index in [9.17, 15) is 0 Å². The van der Waals surface area contributed by atoms with Crippen molar-refractivity contribution in [3.8, 4) is 0 Å². The molecule has 106 valence electrons. The molecule has 0 atom stereocenters. The molecule has 0 unspecified atom stereocenters. The van der Waals surface area contributed by atoms with E-state index in [1.165, 1.54) is 24.1 Å². The van der Waals surface area contributed by atoms with Crippen molar-refractivity contribution in [2.24, 2.45) is 0 Å². The molecule has 0 bridgehead atoms. The Labute approximate surface area is 120 Å². The van der Waals surface area contributed by atoms with Gasteiger partial charge in [-0.1, -0.05) is 11.6 Å². The molecule has 0 saturated heterocycles. The SMILES string of the molecule is CCN(CCCO)c1ccc(Cl)cc1CNC1CC1. The Morgan fingerprint density at radius 3 is 2.84 bits per heavy atom. The summed E-state index contributed by atoms with van der Waals surface area (Å²) in [7, 11) is 0. The minimum Gasteiger partial charge on any atom is -0.396 e. The van der Waals surface area contributed by atoms with Gasteiger partial charge in [-0.2, -0.15) is 0 Å². The first-order valence-corrected chi connectivity index (χ1v) is 7.50. The summed E-state index contributed by atoms with van der Waals surface area (Å²) in [6.07, 6.45) is 3.38. The molecule has 0 amide bonds. The fourth-order valence-corrected chi connectivity index (χ4v) is 2.45. The van der Waals surface area contributed by atoms with Gasteiger partial charge in [0, 0.05) is 43.0 Å². The standard InChI is InChI=1S/C15H23ClN2O/c1-2-18(8-3-9-19)15-7-4-13(16)10-12(15)11-17-14-5-6-14/h4,7,10,14,17,19H,2-3,5-6,8-9,11H2,1H3. The Bertz CT molecular complexity index is 407. The van der Waals surface area contributed by atoms with Gasteiger partial charge in [-0.15, -0.1) is 0 Å². The van der Waals surface area contributed by atoms with Crippen LogP contribution in [0.4, 0.5) is 5.69 Å². The second-order valence-electron chi connectivity index (χ2n) is 5.09. The van der Waals surface area contributed by atoms with E-state index in [1.807, 2.05) is 12.1 Å². The average Bonchev–Trinajstić information content (AvgIpc) is 3.23. The number of aliphatic hydroxyl groups is 1. The number of nitrogens with zero attached hydrogens (tertiary/aromatic N) is 1. The minimum atomic E-state index is 0.236. The molecule has 19 heavy (non-hydrogen) atoms. The zero-order valence-corrected chi connectivity index (χ0v) is 12.3. The minimum absolute atomic E-state index is 0.236.